The molecule has 83 valence electrons. The van der Waals surface area contributed by atoms with E-state index in [2.05, 4.69) is 27.4 Å². The van der Waals surface area contributed by atoms with Crippen molar-refractivity contribution < 1.29 is 9.47 Å². The van der Waals surface area contributed by atoms with Gasteiger partial charge in [0, 0.05) is 13.7 Å². The van der Waals surface area contributed by atoms with Crippen LogP contribution in [0.4, 0.5) is 0 Å². The van der Waals surface area contributed by atoms with E-state index in [1.807, 2.05) is 10.7 Å². The molecule has 2 rings (SSSR count). The predicted octanol–water partition coefficient (Wildman–Crippen LogP) is 2.31. The molecule has 4 nitrogen and oxygen atoms in total. The monoisotopic (exact) mass is 273 g/mol. The number of aromatic nitrogens is 2. The number of methoxy groups -OCH3 is 1. The molecule has 0 spiro atoms. The van der Waals surface area contributed by atoms with Crippen molar-refractivity contribution in [1.82, 2.24) is 9.78 Å². The zero-order chi connectivity index (χ0) is 10.7. The molecule has 0 aromatic carbocycles. The van der Waals surface area contributed by atoms with Crippen molar-refractivity contribution in [2.24, 2.45) is 0 Å². The minimum atomic E-state index is 0.118. The normalized spacial score (nSPS) is 21.9. The molecule has 15 heavy (non-hydrogen) atoms. The van der Waals surface area contributed by atoms with Crippen LogP contribution < -0.4 is 0 Å². The van der Waals surface area contributed by atoms with Crippen LogP contribution in [0.2, 0.25) is 0 Å². The summed E-state index contributed by atoms with van der Waals surface area (Å²) in [5.41, 5.74) is 1.07. The highest BCUT2D eigenvalue weighted by Crippen LogP contribution is 2.28. The molecule has 5 heteroatoms. The highest BCUT2D eigenvalue weighted by Gasteiger charge is 2.21. The van der Waals surface area contributed by atoms with Crippen molar-refractivity contribution in [2.45, 2.75) is 25.7 Å². The molecule has 1 atom stereocenters. The van der Waals surface area contributed by atoms with Crippen LogP contribution >= 0.6 is 15.9 Å². The highest BCUT2D eigenvalue weighted by atomic mass is 79.9. The molecule has 1 aliphatic heterocycles. The molecule has 1 radical (unpaired) electrons. The van der Waals surface area contributed by atoms with E-state index in [9.17, 15) is 0 Å². The van der Waals surface area contributed by atoms with E-state index in [-0.39, 0.29) is 6.10 Å². The first-order valence-corrected chi connectivity index (χ1v) is 5.76. The minimum absolute atomic E-state index is 0.118. The van der Waals surface area contributed by atoms with Crippen molar-refractivity contribution in [3.05, 3.63) is 22.8 Å². The molecule has 1 aliphatic rings. The molecule has 1 fully saturated rings. The fourth-order valence-electron chi connectivity index (χ4n) is 1.72. The molecule has 1 unspecified atom stereocenters. The van der Waals surface area contributed by atoms with Crippen LogP contribution in [-0.4, -0.2) is 23.5 Å². The summed E-state index contributed by atoms with van der Waals surface area (Å²) in [7, 11) is 1.66. The third kappa shape index (κ3) is 2.59. The summed E-state index contributed by atoms with van der Waals surface area (Å²) < 4.78 is 13.4. The Labute approximate surface area is 97.7 Å². The molecule has 0 bridgehead atoms. The minimum Gasteiger partial charge on any atom is -0.372 e. The number of halogens is 1. The second kappa shape index (κ2) is 5.09. The Balaban J connectivity index is 2.17. The van der Waals surface area contributed by atoms with Crippen molar-refractivity contribution in [1.29, 1.82) is 0 Å². The van der Waals surface area contributed by atoms with Crippen molar-refractivity contribution in [2.75, 3.05) is 13.7 Å². The Hall–Kier alpha value is -0.390. The van der Waals surface area contributed by atoms with Gasteiger partial charge in [-0.25, -0.2) is 4.68 Å². The van der Waals surface area contributed by atoms with Gasteiger partial charge >= 0.3 is 0 Å². The van der Waals surface area contributed by atoms with Gasteiger partial charge in [0.1, 0.15) is 11.3 Å². The van der Waals surface area contributed by atoms with Crippen LogP contribution in [0, 0.1) is 6.42 Å². The third-order valence-corrected chi connectivity index (χ3v) is 2.77. The van der Waals surface area contributed by atoms with Gasteiger partial charge in [-0.05, 0) is 41.3 Å². The molecule has 1 aromatic rings. The van der Waals surface area contributed by atoms with Crippen LogP contribution in [0.5, 0.6) is 0 Å². The molecular weight excluding hydrogens is 260 g/mol. The molecular formula is C10H14BrN2O2. The number of rotatable bonds is 3. The van der Waals surface area contributed by atoms with E-state index >= 15 is 0 Å². The van der Waals surface area contributed by atoms with Gasteiger partial charge in [0.25, 0.3) is 0 Å². The SMILES string of the molecule is COCn1nc(Br)cc1C1C[CH]CCO1. The fraction of sp³-hybridized carbons (Fsp3) is 0.600. The van der Waals surface area contributed by atoms with Gasteiger partial charge in [0.15, 0.2) is 0 Å². The Kier molecular flexibility index (Phi) is 3.77. The van der Waals surface area contributed by atoms with E-state index in [0.29, 0.717) is 6.73 Å². The standard InChI is InChI=1S/C10H14BrN2O2/c1-14-7-13-8(6-10(11)12-13)9-4-2-3-5-15-9/h2,6,9H,3-5,7H2,1H3. The summed E-state index contributed by atoms with van der Waals surface area (Å²) in [5, 5.41) is 4.29. The molecule has 0 aliphatic carbocycles. The maximum absolute atomic E-state index is 5.70. The van der Waals surface area contributed by atoms with Crippen LogP contribution in [0.15, 0.2) is 10.7 Å². The summed E-state index contributed by atoms with van der Waals surface area (Å²) in [6, 6.07) is 1.99. The van der Waals surface area contributed by atoms with Crippen molar-refractivity contribution in [3.8, 4) is 0 Å². The smallest absolute Gasteiger partial charge is 0.139 e. The molecule has 0 N–H and O–H groups in total. The van der Waals surface area contributed by atoms with Gasteiger partial charge < -0.3 is 9.47 Å². The third-order valence-electron chi connectivity index (χ3n) is 2.38. The molecule has 0 amide bonds. The van der Waals surface area contributed by atoms with Crippen LogP contribution in [-0.2, 0) is 16.2 Å². The maximum atomic E-state index is 5.70. The fourth-order valence-corrected chi connectivity index (χ4v) is 2.15. The van der Waals surface area contributed by atoms with E-state index < -0.39 is 0 Å². The lowest BCUT2D eigenvalue weighted by Gasteiger charge is -2.22. The van der Waals surface area contributed by atoms with E-state index in [0.717, 1.165) is 29.7 Å². The average Bonchev–Trinajstić information content (AvgIpc) is 2.62. The second-order valence-electron chi connectivity index (χ2n) is 3.48. The number of hydrogen-bond donors (Lipinski definition) is 0. The van der Waals surface area contributed by atoms with Crippen molar-refractivity contribution in [3.63, 3.8) is 0 Å². The van der Waals surface area contributed by atoms with Crippen LogP contribution in [0.25, 0.3) is 0 Å². The summed E-state index contributed by atoms with van der Waals surface area (Å²) in [6.07, 6.45) is 4.36. The van der Waals surface area contributed by atoms with Gasteiger partial charge in [0.2, 0.25) is 0 Å². The lowest BCUT2D eigenvalue weighted by molar-refractivity contribution is 0.0205. The highest BCUT2D eigenvalue weighted by molar-refractivity contribution is 9.10. The summed E-state index contributed by atoms with van der Waals surface area (Å²) in [5.74, 6) is 0. The summed E-state index contributed by atoms with van der Waals surface area (Å²) >= 11 is 3.37. The first kappa shape index (κ1) is 11.1. The Morgan fingerprint density at radius 1 is 1.73 bits per heavy atom. The quantitative estimate of drug-likeness (QED) is 0.848. The lowest BCUT2D eigenvalue weighted by atomic mass is 10.1. The largest absolute Gasteiger partial charge is 0.372 e. The summed E-state index contributed by atoms with van der Waals surface area (Å²) in [4.78, 5) is 0. The Morgan fingerprint density at radius 2 is 2.60 bits per heavy atom. The predicted molar refractivity (Wildman–Crippen MR) is 59.2 cm³/mol. The zero-order valence-electron chi connectivity index (χ0n) is 8.65. The van der Waals surface area contributed by atoms with Gasteiger partial charge in [0.05, 0.1) is 11.8 Å². The van der Waals surface area contributed by atoms with Crippen LogP contribution in [0.3, 0.4) is 0 Å². The molecule has 1 saturated heterocycles. The van der Waals surface area contributed by atoms with E-state index in [4.69, 9.17) is 9.47 Å². The Morgan fingerprint density at radius 3 is 3.27 bits per heavy atom. The van der Waals surface area contributed by atoms with Gasteiger partial charge in [-0.2, -0.15) is 5.10 Å². The summed E-state index contributed by atoms with van der Waals surface area (Å²) in [6.45, 7) is 1.25. The first-order chi connectivity index (χ1) is 7.31. The molecule has 0 saturated carbocycles. The number of hydrogen-bond acceptors (Lipinski definition) is 3. The topological polar surface area (TPSA) is 36.3 Å². The van der Waals surface area contributed by atoms with E-state index in [1.165, 1.54) is 0 Å². The Bertz CT molecular complexity index is 321. The zero-order valence-corrected chi connectivity index (χ0v) is 10.2. The molecule has 1 aromatic heterocycles. The lowest BCUT2D eigenvalue weighted by Crippen LogP contribution is -2.17. The number of ether oxygens (including phenoxy) is 2. The van der Waals surface area contributed by atoms with E-state index in [1.54, 1.807) is 7.11 Å². The van der Waals surface area contributed by atoms with Gasteiger partial charge in [-0.15, -0.1) is 0 Å². The van der Waals surface area contributed by atoms with Gasteiger partial charge in [-0.1, -0.05) is 0 Å². The van der Waals surface area contributed by atoms with Gasteiger partial charge in [-0.3, -0.25) is 0 Å². The average molecular weight is 274 g/mol. The molecule has 2 heterocycles. The number of nitrogens with zero attached hydrogens (tertiary/aromatic N) is 2. The first-order valence-electron chi connectivity index (χ1n) is 4.96. The second-order valence-corrected chi connectivity index (χ2v) is 4.29. The maximum Gasteiger partial charge on any atom is 0.139 e. The van der Waals surface area contributed by atoms with Crippen LogP contribution in [0.1, 0.15) is 24.6 Å². The van der Waals surface area contributed by atoms with Crippen molar-refractivity contribution >= 4 is 15.9 Å².